The molecule has 1 aromatic heterocycles. The van der Waals surface area contributed by atoms with Gasteiger partial charge >= 0.3 is 12.1 Å². The van der Waals surface area contributed by atoms with Crippen LogP contribution in [0.2, 0.25) is 0 Å². The maximum atomic E-state index is 13.5. The highest BCUT2D eigenvalue weighted by atomic mass is 19.4. The number of alkyl halides is 5. The molecule has 2 aromatic rings. The standard InChI is InChI=1S/C24H23F5N6O3/c1-23(2)13-10-35(21(37)14(7-16(25)26)33-22(38)24(27,28)29)19(17(13)23)20(36)32-15(8-30)18-12-6-4-3-5-11(12)9-31-34-18/h3-6,9,13-17,19H,7,10H2,1-2H3,(H,32,36)(H,33,38)/t13-,14?,15?,17-,19-/m0/s1. The summed E-state index contributed by atoms with van der Waals surface area (Å²) in [5.74, 6) is -5.23. The van der Waals surface area contributed by atoms with E-state index in [0.29, 0.717) is 10.8 Å². The molecule has 38 heavy (non-hydrogen) atoms. The Bertz CT molecular complexity index is 1310. The number of benzene rings is 1. The molecule has 9 nitrogen and oxygen atoms in total. The normalized spacial score (nSPS) is 23.3. The van der Waals surface area contributed by atoms with Gasteiger partial charge in [-0.25, -0.2) is 8.78 Å². The van der Waals surface area contributed by atoms with Crippen molar-refractivity contribution < 1.29 is 36.3 Å². The van der Waals surface area contributed by atoms with Crippen LogP contribution >= 0.6 is 0 Å². The van der Waals surface area contributed by atoms with Crippen molar-refractivity contribution >= 4 is 28.5 Å². The first kappa shape index (κ1) is 27.2. The number of piperidine rings is 1. The third-order valence-corrected chi connectivity index (χ3v) is 7.32. The van der Waals surface area contributed by atoms with Crippen molar-refractivity contribution in [1.82, 2.24) is 25.7 Å². The topological polar surface area (TPSA) is 128 Å². The molecule has 1 aliphatic heterocycles. The lowest BCUT2D eigenvalue weighted by Crippen LogP contribution is -2.57. The zero-order valence-corrected chi connectivity index (χ0v) is 20.2. The molecule has 202 valence electrons. The summed E-state index contributed by atoms with van der Waals surface area (Å²) in [6.45, 7) is 3.59. The molecule has 0 spiro atoms. The smallest absolute Gasteiger partial charge is 0.336 e. The van der Waals surface area contributed by atoms with Crippen molar-refractivity contribution in [1.29, 1.82) is 5.26 Å². The van der Waals surface area contributed by atoms with Crippen LogP contribution in [0.1, 0.15) is 32.0 Å². The van der Waals surface area contributed by atoms with E-state index in [0.717, 1.165) is 4.90 Å². The summed E-state index contributed by atoms with van der Waals surface area (Å²) < 4.78 is 64.7. The van der Waals surface area contributed by atoms with Crippen molar-refractivity contribution in [3.8, 4) is 6.07 Å². The van der Waals surface area contributed by atoms with Crippen LogP contribution in [0.3, 0.4) is 0 Å². The first-order valence-electron chi connectivity index (χ1n) is 11.6. The molecule has 4 rings (SSSR count). The summed E-state index contributed by atoms with van der Waals surface area (Å²) in [5.41, 5.74) is -0.275. The van der Waals surface area contributed by atoms with Crippen molar-refractivity contribution in [3.05, 3.63) is 36.2 Å². The van der Waals surface area contributed by atoms with E-state index in [-0.39, 0.29) is 18.2 Å². The molecule has 2 aliphatic rings. The second kappa shape index (κ2) is 9.77. The molecule has 3 amide bonds. The lowest BCUT2D eigenvalue weighted by molar-refractivity contribution is -0.175. The quantitative estimate of drug-likeness (QED) is 0.522. The molecule has 2 N–H and O–H groups in total. The number of aromatic nitrogens is 2. The molecule has 1 saturated carbocycles. The van der Waals surface area contributed by atoms with E-state index in [1.54, 1.807) is 24.3 Å². The van der Waals surface area contributed by atoms with Gasteiger partial charge in [-0.2, -0.15) is 28.6 Å². The maximum Gasteiger partial charge on any atom is 0.471 e. The number of carbonyl (C=O) groups excluding carboxylic acids is 3. The second-order valence-corrected chi connectivity index (χ2v) is 9.93. The van der Waals surface area contributed by atoms with E-state index >= 15 is 0 Å². The number of rotatable bonds is 7. The van der Waals surface area contributed by atoms with Gasteiger partial charge in [-0.05, 0) is 17.3 Å². The van der Waals surface area contributed by atoms with Crippen LogP contribution in [0.15, 0.2) is 30.5 Å². The van der Waals surface area contributed by atoms with E-state index < -0.39 is 66.2 Å². The van der Waals surface area contributed by atoms with Crippen LogP contribution in [0, 0.1) is 28.6 Å². The second-order valence-electron chi connectivity index (χ2n) is 9.93. The average Bonchev–Trinajstić information content (AvgIpc) is 3.17. The summed E-state index contributed by atoms with van der Waals surface area (Å²) >= 11 is 0. The Morgan fingerprint density at radius 3 is 2.53 bits per heavy atom. The van der Waals surface area contributed by atoms with Gasteiger partial charge in [0, 0.05) is 23.7 Å². The van der Waals surface area contributed by atoms with Crippen LogP contribution in [-0.4, -0.2) is 64.0 Å². The van der Waals surface area contributed by atoms with Crippen molar-refractivity contribution in [2.24, 2.45) is 17.3 Å². The summed E-state index contributed by atoms with van der Waals surface area (Å²) in [4.78, 5) is 39.0. The van der Waals surface area contributed by atoms with Gasteiger partial charge in [-0.3, -0.25) is 14.4 Å². The van der Waals surface area contributed by atoms with Gasteiger partial charge < -0.3 is 15.5 Å². The van der Waals surface area contributed by atoms with Gasteiger partial charge in [0.15, 0.2) is 6.04 Å². The van der Waals surface area contributed by atoms with Crippen molar-refractivity contribution in [2.45, 2.75) is 51.0 Å². The molecule has 2 fully saturated rings. The fourth-order valence-electron chi connectivity index (χ4n) is 5.31. The zero-order valence-electron chi connectivity index (χ0n) is 20.2. The molecule has 1 aromatic carbocycles. The molecule has 2 heterocycles. The molecule has 1 aliphatic carbocycles. The van der Waals surface area contributed by atoms with E-state index in [9.17, 15) is 41.6 Å². The third kappa shape index (κ3) is 4.97. The number of fused-ring (bicyclic) bond motifs is 2. The summed E-state index contributed by atoms with van der Waals surface area (Å²) in [5, 5.41) is 22.7. The summed E-state index contributed by atoms with van der Waals surface area (Å²) in [6, 6.07) is 4.05. The van der Waals surface area contributed by atoms with Gasteiger partial charge in [0.1, 0.15) is 17.8 Å². The van der Waals surface area contributed by atoms with Gasteiger partial charge in [-0.1, -0.05) is 38.1 Å². The van der Waals surface area contributed by atoms with Crippen LogP contribution < -0.4 is 10.6 Å². The number of hydrogen-bond acceptors (Lipinski definition) is 6. The van der Waals surface area contributed by atoms with Crippen LogP contribution in [0.5, 0.6) is 0 Å². The van der Waals surface area contributed by atoms with E-state index in [1.807, 2.05) is 19.9 Å². The lowest BCUT2D eigenvalue weighted by Gasteiger charge is -2.33. The Labute approximate surface area is 213 Å². The first-order valence-corrected chi connectivity index (χ1v) is 11.6. The van der Waals surface area contributed by atoms with E-state index in [2.05, 4.69) is 15.5 Å². The number of nitrogens with zero attached hydrogens (tertiary/aromatic N) is 4. The van der Waals surface area contributed by atoms with Gasteiger partial charge in [0.05, 0.1) is 12.3 Å². The monoisotopic (exact) mass is 538 g/mol. The number of halogens is 5. The molecule has 5 atom stereocenters. The van der Waals surface area contributed by atoms with Crippen LogP contribution in [0.25, 0.3) is 10.8 Å². The van der Waals surface area contributed by atoms with Crippen LogP contribution in [0.4, 0.5) is 22.0 Å². The number of carbonyl (C=O) groups is 3. The Balaban J connectivity index is 1.61. The third-order valence-electron chi connectivity index (χ3n) is 7.32. The number of nitrogens with one attached hydrogen (secondary N) is 2. The van der Waals surface area contributed by atoms with Gasteiger partial charge in [0.25, 0.3) is 0 Å². The minimum absolute atomic E-state index is 0.0818. The maximum absolute atomic E-state index is 13.5. The number of hydrogen-bond donors (Lipinski definition) is 2. The minimum Gasteiger partial charge on any atom is -0.336 e. The molecule has 1 saturated heterocycles. The number of nitriles is 1. The average molecular weight is 538 g/mol. The molecule has 0 radical (unpaired) electrons. The Morgan fingerprint density at radius 1 is 1.21 bits per heavy atom. The SMILES string of the molecule is CC1(C)[C@@H]2[C@@H](C(=O)NC(C#N)c3nncc4ccccc34)N(C(=O)C(CC(F)F)NC(=O)C(F)(F)F)C[C@@H]21. The number of amides is 3. The predicted octanol–water partition coefficient (Wildman–Crippen LogP) is 2.50. The summed E-state index contributed by atoms with van der Waals surface area (Å²) in [7, 11) is 0. The predicted molar refractivity (Wildman–Crippen MR) is 121 cm³/mol. The van der Waals surface area contributed by atoms with Crippen LogP contribution in [-0.2, 0) is 14.4 Å². The molecule has 0 bridgehead atoms. The number of likely N-dealkylation sites (tertiary alicyclic amines) is 1. The van der Waals surface area contributed by atoms with Crippen molar-refractivity contribution in [2.75, 3.05) is 6.54 Å². The molecule has 2 unspecified atom stereocenters. The van der Waals surface area contributed by atoms with Gasteiger partial charge in [0.2, 0.25) is 18.2 Å². The largest absolute Gasteiger partial charge is 0.471 e. The summed E-state index contributed by atoms with van der Waals surface area (Å²) in [6.07, 6.45) is -8.49. The van der Waals surface area contributed by atoms with E-state index in [1.165, 1.54) is 11.5 Å². The minimum atomic E-state index is -5.40. The fourth-order valence-corrected chi connectivity index (χ4v) is 5.31. The Kier molecular flexibility index (Phi) is 6.98. The van der Waals surface area contributed by atoms with E-state index in [4.69, 9.17) is 0 Å². The Hall–Kier alpha value is -3.89. The zero-order chi connectivity index (χ0) is 28.0. The lowest BCUT2D eigenvalue weighted by atomic mass is 9.98. The molecular formula is C24H23F5N6O3. The Morgan fingerprint density at radius 2 is 1.89 bits per heavy atom. The van der Waals surface area contributed by atoms with Crippen molar-refractivity contribution in [3.63, 3.8) is 0 Å². The molecule has 14 heteroatoms. The highest BCUT2D eigenvalue weighted by molar-refractivity contribution is 5.95. The fraction of sp³-hybridized carbons (Fsp3) is 0.500. The first-order chi connectivity index (χ1) is 17.8. The highest BCUT2D eigenvalue weighted by Crippen LogP contribution is 2.65. The highest BCUT2D eigenvalue weighted by Gasteiger charge is 2.69. The van der Waals surface area contributed by atoms with Gasteiger partial charge in [-0.15, -0.1) is 0 Å². The molecular weight excluding hydrogens is 515 g/mol.